The van der Waals surface area contributed by atoms with Crippen LogP contribution in [0.2, 0.25) is 0 Å². The number of rotatable bonds is 6. The first-order chi connectivity index (χ1) is 8.17. The average molecular weight is 255 g/mol. The monoisotopic (exact) mass is 255 g/mol. The minimum absolute atomic E-state index is 0.0576. The van der Waals surface area contributed by atoms with E-state index < -0.39 is 6.10 Å². The molecule has 17 heavy (non-hydrogen) atoms. The molecule has 1 atom stereocenters. The van der Waals surface area contributed by atoms with Gasteiger partial charge in [0, 0.05) is 17.9 Å². The van der Waals surface area contributed by atoms with Crippen LogP contribution in [0.25, 0.3) is 0 Å². The summed E-state index contributed by atoms with van der Waals surface area (Å²) >= 11 is 1.69. The number of carbonyl (C=O) groups is 1. The maximum Gasteiger partial charge on any atom is 0.251 e. The summed E-state index contributed by atoms with van der Waals surface area (Å²) in [4.78, 5) is 11.7. The fourth-order valence-electron chi connectivity index (χ4n) is 1.35. The maximum absolute atomic E-state index is 11.7. The Kier molecular flexibility index (Phi) is 6.04. The second-order valence-electron chi connectivity index (χ2n) is 3.68. The van der Waals surface area contributed by atoms with E-state index in [2.05, 4.69) is 5.32 Å². The normalized spacial score (nSPS) is 12.2. The lowest BCUT2D eigenvalue weighted by atomic mass is 10.1. The molecule has 1 aromatic carbocycles. The minimum atomic E-state index is -0.909. The topological polar surface area (TPSA) is 69.6 Å². The molecular weight excluding hydrogens is 238 g/mol. The predicted octanol–water partition coefficient (Wildman–Crippen LogP) is 0.633. The Hall–Kier alpha value is -1.04. The van der Waals surface area contributed by atoms with Gasteiger partial charge in [0.05, 0.1) is 12.7 Å². The molecule has 0 heterocycles. The minimum Gasteiger partial charge on any atom is -0.394 e. The third-order valence-corrected chi connectivity index (χ3v) is 2.83. The number of nitrogens with one attached hydrogen (secondary N) is 1. The van der Waals surface area contributed by atoms with E-state index in [1.807, 2.05) is 24.5 Å². The van der Waals surface area contributed by atoms with Crippen molar-refractivity contribution in [2.75, 3.05) is 19.4 Å². The Balaban J connectivity index is 2.59. The summed E-state index contributed by atoms with van der Waals surface area (Å²) in [5, 5.41) is 20.3. The summed E-state index contributed by atoms with van der Waals surface area (Å²) in [6, 6.07) is 7.36. The SMILES string of the molecule is CSCc1cccc(C(=O)NCC(O)CO)c1. The molecule has 3 N–H and O–H groups in total. The van der Waals surface area contributed by atoms with Gasteiger partial charge >= 0.3 is 0 Å². The highest BCUT2D eigenvalue weighted by molar-refractivity contribution is 7.97. The number of amides is 1. The van der Waals surface area contributed by atoms with E-state index >= 15 is 0 Å². The lowest BCUT2D eigenvalue weighted by molar-refractivity contribution is 0.0802. The van der Waals surface area contributed by atoms with E-state index in [4.69, 9.17) is 10.2 Å². The van der Waals surface area contributed by atoms with Crippen molar-refractivity contribution in [3.63, 3.8) is 0 Å². The van der Waals surface area contributed by atoms with Crippen LogP contribution in [0.1, 0.15) is 15.9 Å². The number of hydrogen-bond acceptors (Lipinski definition) is 4. The Bertz CT molecular complexity index is 371. The average Bonchev–Trinajstić information content (AvgIpc) is 2.36. The van der Waals surface area contributed by atoms with Crippen molar-refractivity contribution < 1.29 is 15.0 Å². The van der Waals surface area contributed by atoms with E-state index in [0.29, 0.717) is 5.56 Å². The molecule has 0 bridgehead atoms. The Labute approximate surface area is 105 Å². The largest absolute Gasteiger partial charge is 0.394 e. The highest BCUT2D eigenvalue weighted by Crippen LogP contribution is 2.11. The molecule has 0 saturated carbocycles. The van der Waals surface area contributed by atoms with Crippen molar-refractivity contribution in [1.82, 2.24) is 5.32 Å². The molecule has 1 amide bonds. The van der Waals surface area contributed by atoms with Gasteiger partial charge < -0.3 is 15.5 Å². The molecule has 1 rings (SSSR count). The number of carbonyl (C=O) groups excluding carboxylic acids is 1. The zero-order chi connectivity index (χ0) is 12.7. The molecule has 0 saturated heterocycles. The highest BCUT2D eigenvalue weighted by atomic mass is 32.2. The number of hydrogen-bond donors (Lipinski definition) is 3. The number of aliphatic hydroxyl groups excluding tert-OH is 2. The molecule has 0 radical (unpaired) electrons. The van der Waals surface area contributed by atoms with Crippen molar-refractivity contribution in [3.05, 3.63) is 35.4 Å². The summed E-state index contributed by atoms with van der Waals surface area (Å²) in [6.45, 7) is -0.297. The second-order valence-corrected chi connectivity index (χ2v) is 4.55. The molecule has 94 valence electrons. The van der Waals surface area contributed by atoms with Gasteiger partial charge in [-0.1, -0.05) is 12.1 Å². The maximum atomic E-state index is 11.7. The molecular formula is C12H17NO3S. The molecule has 4 nitrogen and oxygen atoms in total. The van der Waals surface area contributed by atoms with Gasteiger partial charge in [0.2, 0.25) is 0 Å². The van der Waals surface area contributed by atoms with Crippen LogP contribution >= 0.6 is 11.8 Å². The quantitative estimate of drug-likeness (QED) is 0.697. The van der Waals surface area contributed by atoms with Crippen LogP contribution in [0.4, 0.5) is 0 Å². The third kappa shape index (κ3) is 4.77. The molecule has 0 aliphatic carbocycles. The van der Waals surface area contributed by atoms with Gasteiger partial charge in [0.1, 0.15) is 0 Å². The molecule has 5 heteroatoms. The Morgan fingerprint density at radius 2 is 2.29 bits per heavy atom. The summed E-state index contributed by atoms with van der Waals surface area (Å²) in [7, 11) is 0. The first kappa shape index (κ1) is 14.0. The van der Waals surface area contributed by atoms with Crippen LogP contribution in [-0.4, -0.2) is 41.6 Å². The van der Waals surface area contributed by atoms with Gasteiger partial charge in [-0.15, -0.1) is 0 Å². The molecule has 0 aliphatic rings. The van der Waals surface area contributed by atoms with Gasteiger partial charge in [0.15, 0.2) is 0 Å². The first-order valence-electron chi connectivity index (χ1n) is 5.32. The van der Waals surface area contributed by atoms with Gasteiger partial charge in [-0.25, -0.2) is 0 Å². The van der Waals surface area contributed by atoms with Crippen LogP contribution < -0.4 is 5.32 Å². The van der Waals surface area contributed by atoms with Gasteiger partial charge in [-0.2, -0.15) is 11.8 Å². The standard InChI is InChI=1S/C12H17NO3S/c1-17-8-9-3-2-4-10(5-9)12(16)13-6-11(15)7-14/h2-5,11,14-15H,6-8H2,1H3,(H,13,16). The van der Waals surface area contributed by atoms with Crippen LogP contribution in [0.5, 0.6) is 0 Å². The van der Waals surface area contributed by atoms with Crippen molar-refractivity contribution in [3.8, 4) is 0 Å². The smallest absolute Gasteiger partial charge is 0.251 e. The second kappa shape index (κ2) is 7.32. The molecule has 0 fully saturated rings. The van der Waals surface area contributed by atoms with E-state index in [-0.39, 0.29) is 19.1 Å². The van der Waals surface area contributed by atoms with Crippen LogP contribution in [0.3, 0.4) is 0 Å². The summed E-state index contributed by atoms with van der Waals surface area (Å²) in [5.41, 5.74) is 1.66. The van der Waals surface area contributed by atoms with E-state index in [1.54, 1.807) is 17.8 Å². The summed E-state index contributed by atoms with van der Waals surface area (Å²) in [6.07, 6.45) is 1.10. The first-order valence-corrected chi connectivity index (χ1v) is 6.71. The third-order valence-electron chi connectivity index (χ3n) is 2.21. The van der Waals surface area contributed by atoms with E-state index in [0.717, 1.165) is 11.3 Å². The number of thioether (sulfide) groups is 1. The summed E-state index contributed by atoms with van der Waals surface area (Å²) < 4.78 is 0. The fraction of sp³-hybridized carbons (Fsp3) is 0.417. The van der Waals surface area contributed by atoms with Crippen molar-refractivity contribution in [2.45, 2.75) is 11.9 Å². The van der Waals surface area contributed by atoms with Crippen LogP contribution in [0, 0.1) is 0 Å². The lowest BCUT2D eigenvalue weighted by Gasteiger charge is -2.09. The fourth-order valence-corrected chi connectivity index (χ4v) is 1.86. The molecule has 1 unspecified atom stereocenters. The van der Waals surface area contributed by atoms with Crippen molar-refractivity contribution in [1.29, 1.82) is 0 Å². The van der Waals surface area contributed by atoms with E-state index in [9.17, 15) is 4.79 Å². The molecule has 0 aliphatic heterocycles. The predicted molar refractivity (Wildman–Crippen MR) is 69.1 cm³/mol. The Morgan fingerprint density at radius 3 is 2.94 bits per heavy atom. The number of benzene rings is 1. The Morgan fingerprint density at radius 1 is 1.53 bits per heavy atom. The van der Waals surface area contributed by atoms with Gasteiger partial charge in [-0.3, -0.25) is 4.79 Å². The highest BCUT2D eigenvalue weighted by Gasteiger charge is 2.08. The van der Waals surface area contributed by atoms with Crippen molar-refractivity contribution >= 4 is 17.7 Å². The zero-order valence-electron chi connectivity index (χ0n) is 9.72. The molecule has 0 aromatic heterocycles. The summed E-state index contributed by atoms with van der Waals surface area (Å²) in [5.74, 6) is 0.626. The van der Waals surface area contributed by atoms with Gasteiger partial charge in [-0.05, 0) is 24.0 Å². The van der Waals surface area contributed by atoms with Crippen molar-refractivity contribution in [2.24, 2.45) is 0 Å². The van der Waals surface area contributed by atoms with Gasteiger partial charge in [0.25, 0.3) is 5.91 Å². The number of aliphatic hydroxyl groups is 2. The molecule has 0 spiro atoms. The van der Waals surface area contributed by atoms with E-state index in [1.165, 1.54) is 0 Å². The lowest BCUT2D eigenvalue weighted by Crippen LogP contribution is -2.33. The zero-order valence-corrected chi connectivity index (χ0v) is 10.5. The van der Waals surface area contributed by atoms with Crippen LogP contribution in [0.15, 0.2) is 24.3 Å². The molecule has 1 aromatic rings. The van der Waals surface area contributed by atoms with Crippen LogP contribution in [-0.2, 0) is 5.75 Å².